The summed E-state index contributed by atoms with van der Waals surface area (Å²) in [6, 6.07) is 10.4. The topological polar surface area (TPSA) is 9.23 Å². The molecule has 0 atom stereocenters. The fraction of sp³-hybridized carbons (Fsp3) is 0.333. The van der Waals surface area contributed by atoms with Crippen LogP contribution in [0.4, 0.5) is 0 Å². The number of hydrogen-bond acceptors (Lipinski definition) is 1. The number of hydrogen-bond donors (Lipinski definition) is 0. The SMILES string of the molecule is COc1cc(C#C[Si](C)(C)C)c2ccccc2c1C#C[Si](C)(C)C. The summed E-state index contributed by atoms with van der Waals surface area (Å²) in [6.07, 6.45) is 0. The molecule has 24 heavy (non-hydrogen) atoms. The van der Waals surface area contributed by atoms with Crippen molar-refractivity contribution in [3.05, 3.63) is 41.5 Å². The molecule has 2 rings (SSSR count). The zero-order chi connectivity index (χ0) is 18.0. The average Bonchev–Trinajstić information content (AvgIpc) is 2.49. The summed E-state index contributed by atoms with van der Waals surface area (Å²) >= 11 is 0. The lowest BCUT2D eigenvalue weighted by atomic mass is 9.99. The summed E-state index contributed by atoms with van der Waals surface area (Å²) in [5.41, 5.74) is 8.93. The van der Waals surface area contributed by atoms with E-state index < -0.39 is 16.1 Å². The Labute approximate surface area is 148 Å². The van der Waals surface area contributed by atoms with Crippen LogP contribution in [0.1, 0.15) is 11.1 Å². The Morgan fingerprint density at radius 2 is 1.33 bits per heavy atom. The third-order valence-electron chi connectivity index (χ3n) is 3.36. The Morgan fingerprint density at radius 1 is 0.792 bits per heavy atom. The summed E-state index contributed by atoms with van der Waals surface area (Å²) in [4.78, 5) is 0. The summed E-state index contributed by atoms with van der Waals surface area (Å²) in [7, 11) is -1.18. The molecule has 0 bridgehead atoms. The lowest BCUT2D eigenvalue weighted by Gasteiger charge is -2.11. The summed E-state index contributed by atoms with van der Waals surface area (Å²) < 4.78 is 5.65. The predicted octanol–water partition coefficient (Wildman–Crippen LogP) is 5.31. The maximum atomic E-state index is 5.65. The van der Waals surface area contributed by atoms with Crippen molar-refractivity contribution < 1.29 is 4.74 Å². The van der Waals surface area contributed by atoms with Crippen LogP contribution in [0.25, 0.3) is 10.8 Å². The Bertz CT molecular complexity index is 876. The molecule has 0 saturated carbocycles. The smallest absolute Gasteiger partial charge is 0.136 e. The van der Waals surface area contributed by atoms with E-state index in [4.69, 9.17) is 4.74 Å². The van der Waals surface area contributed by atoms with Gasteiger partial charge in [-0.25, -0.2) is 0 Å². The molecule has 0 spiro atoms. The van der Waals surface area contributed by atoms with E-state index in [1.54, 1.807) is 7.11 Å². The normalized spacial score (nSPS) is 11.3. The van der Waals surface area contributed by atoms with Crippen molar-refractivity contribution in [2.75, 3.05) is 7.11 Å². The van der Waals surface area contributed by atoms with Crippen LogP contribution >= 0.6 is 0 Å². The van der Waals surface area contributed by atoms with Gasteiger partial charge in [0.25, 0.3) is 0 Å². The van der Waals surface area contributed by atoms with Gasteiger partial charge in [0, 0.05) is 10.9 Å². The minimum atomic E-state index is -1.46. The van der Waals surface area contributed by atoms with Crippen molar-refractivity contribution in [3.8, 4) is 28.7 Å². The van der Waals surface area contributed by atoms with Crippen molar-refractivity contribution in [1.82, 2.24) is 0 Å². The van der Waals surface area contributed by atoms with Gasteiger partial charge in [-0.05, 0) is 11.5 Å². The van der Waals surface area contributed by atoms with Crippen LogP contribution in [0.15, 0.2) is 30.3 Å². The highest BCUT2D eigenvalue weighted by atomic mass is 28.3. The lowest BCUT2D eigenvalue weighted by molar-refractivity contribution is 0.414. The highest BCUT2D eigenvalue weighted by Crippen LogP contribution is 2.30. The van der Waals surface area contributed by atoms with Gasteiger partial charge in [-0.1, -0.05) is 75.4 Å². The van der Waals surface area contributed by atoms with Crippen molar-refractivity contribution >= 4 is 26.9 Å². The maximum absolute atomic E-state index is 5.65. The summed E-state index contributed by atoms with van der Waals surface area (Å²) in [5, 5.41) is 2.28. The van der Waals surface area contributed by atoms with Gasteiger partial charge < -0.3 is 4.74 Å². The Morgan fingerprint density at radius 3 is 1.88 bits per heavy atom. The van der Waals surface area contributed by atoms with Crippen LogP contribution in [-0.4, -0.2) is 23.3 Å². The van der Waals surface area contributed by atoms with Crippen molar-refractivity contribution in [1.29, 1.82) is 0 Å². The van der Waals surface area contributed by atoms with Gasteiger partial charge in [-0.15, -0.1) is 11.1 Å². The first-order chi connectivity index (χ1) is 11.1. The van der Waals surface area contributed by atoms with Crippen LogP contribution in [-0.2, 0) is 0 Å². The molecule has 0 aromatic heterocycles. The molecule has 124 valence electrons. The minimum absolute atomic E-state index is 0.819. The molecule has 1 nitrogen and oxygen atoms in total. The Kier molecular flexibility index (Phi) is 5.28. The molecule has 0 aliphatic heterocycles. The van der Waals surface area contributed by atoms with Gasteiger partial charge in [0.1, 0.15) is 21.9 Å². The van der Waals surface area contributed by atoms with Gasteiger partial charge in [-0.3, -0.25) is 0 Å². The largest absolute Gasteiger partial charge is 0.495 e. The first-order valence-electron chi connectivity index (χ1n) is 8.27. The van der Waals surface area contributed by atoms with Gasteiger partial charge in [0.15, 0.2) is 0 Å². The second-order valence-corrected chi connectivity index (χ2v) is 17.5. The van der Waals surface area contributed by atoms with Crippen molar-refractivity contribution in [2.24, 2.45) is 0 Å². The summed E-state index contributed by atoms with van der Waals surface area (Å²) in [6.45, 7) is 13.5. The lowest BCUT2D eigenvalue weighted by Crippen LogP contribution is -2.16. The van der Waals surface area contributed by atoms with Crippen molar-refractivity contribution in [2.45, 2.75) is 39.3 Å². The quantitative estimate of drug-likeness (QED) is 0.500. The number of ether oxygens (including phenoxy) is 1. The molecule has 2 aromatic carbocycles. The molecular formula is C21H26OSi2. The van der Waals surface area contributed by atoms with E-state index in [2.05, 4.69) is 86.5 Å². The van der Waals surface area contributed by atoms with Crippen LogP contribution in [0, 0.1) is 22.9 Å². The first kappa shape index (κ1) is 18.4. The van der Waals surface area contributed by atoms with Crippen LogP contribution in [0.2, 0.25) is 39.3 Å². The molecular weight excluding hydrogens is 324 g/mol. The molecule has 0 aliphatic carbocycles. The van der Waals surface area contributed by atoms with E-state index in [0.29, 0.717) is 0 Å². The molecule has 2 aromatic rings. The Balaban J connectivity index is 2.77. The zero-order valence-corrected chi connectivity index (χ0v) is 17.8. The third kappa shape index (κ3) is 4.77. The predicted molar refractivity (Wildman–Crippen MR) is 111 cm³/mol. The fourth-order valence-corrected chi connectivity index (χ4v) is 3.26. The number of benzene rings is 2. The fourth-order valence-electron chi connectivity index (χ4n) is 2.25. The second-order valence-electron chi connectivity index (χ2n) is 8.05. The van der Waals surface area contributed by atoms with E-state index in [1.165, 1.54) is 0 Å². The van der Waals surface area contributed by atoms with E-state index in [-0.39, 0.29) is 0 Å². The molecule has 0 amide bonds. The monoisotopic (exact) mass is 350 g/mol. The van der Waals surface area contributed by atoms with Crippen LogP contribution in [0.5, 0.6) is 5.75 Å². The van der Waals surface area contributed by atoms with E-state index in [0.717, 1.165) is 27.6 Å². The van der Waals surface area contributed by atoms with Gasteiger partial charge in [0.05, 0.1) is 12.7 Å². The minimum Gasteiger partial charge on any atom is -0.495 e. The van der Waals surface area contributed by atoms with Crippen molar-refractivity contribution in [3.63, 3.8) is 0 Å². The average molecular weight is 351 g/mol. The van der Waals surface area contributed by atoms with Gasteiger partial charge in [-0.2, -0.15) is 0 Å². The van der Waals surface area contributed by atoms with Gasteiger partial charge >= 0.3 is 0 Å². The van der Waals surface area contributed by atoms with E-state index in [9.17, 15) is 0 Å². The number of methoxy groups -OCH3 is 1. The second kappa shape index (κ2) is 6.89. The standard InChI is InChI=1S/C21H26OSi2/c1-22-21-16-17(12-14-23(2,3)4)18-10-8-9-11-19(18)20(21)13-15-24(5,6)7/h8-11,16H,1-7H3. The number of fused-ring (bicyclic) bond motifs is 1. The van der Waals surface area contributed by atoms with Crippen LogP contribution < -0.4 is 4.74 Å². The molecule has 0 N–H and O–H groups in total. The molecule has 3 heteroatoms. The molecule has 0 heterocycles. The highest BCUT2D eigenvalue weighted by Gasteiger charge is 2.13. The molecule has 0 radical (unpaired) electrons. The zero-order valence-electron chi connectivity index (χ0n) is 15.8. The molecule has 0 unspecified atom stereocenters. The molecule has 0 aliphatic rings. The maximum Gasteiger partial charge on any atom is 0.136 e. The highest BCUT2D eigenvalue weighted by molar-refractivity contribution is 6.84. The van der Waals surface area contributed by atoms with E-state index in [1.807, 2.05) is 6.07 Å². The van der Waals surface area contributed by atoms with E-state index >= 15 is 0 Å². The molecule has 0 fully saturated rings. The first-order valence-corrected chi connectivity index (χ1v) is 15.3. The van der Waals surface area contributed by atoms with Gasteiger partial charge in [0.2, 0.25) is 0 Å². The molecule has 0 saturated heterocycles. The third-order valence-corrected chi connectivity index (χ3v) is 5.11. The Hall–Kier alpha value is -1.95. The number of rotatable bonds is 1. The summed E-state index contributed by atoms with van der Waals surface area (Å²) in [5.74, 6) is 7.61. The van der Waals surface area contributed by atoms with Crippen LogP contribution in [0.3, 0.4) is 0 Å².